The van der Waals surface area contributed by atoms with E-state index in [1.54, 1.807) is 6.20 Å². The van der Waals surface area contributed by atoms with Crippen molar-refractivity contribution < 1.29 is 0 Å². The Morgan fingerprint density at radius 3 is 2.33 bits per heavy atom. The van der Waals surface area contributed by atoms with Crippen molar-refractivity contribution in [1.82, 2.24) is 15.4 Å². The van der Waals surface area contributed by atoms with Crippen LogP contribution in [0.5, 0.6) is 0 Å². The minimum Gasteiger partial charge on any atom is -0.262 e. The maximum absolute atomic E-state index is 3.68. The number of aromatic nitrogens is 3. The first-order chi connectivity index (χ1) is 4.11. The van der Waals surface area contributed by atoms with Crippen LogP contribution < -0.4 is 0 Å². The number of nitrogens with zero attached hydrogens (tertiary/aromatic N) is 2. The molecule has 1 rings (SSSR count). The fourth-order valence-corrected chi connectivity index (χ4v) is 0.560. The smallest absolute Gasteiger partial charge is 0.0727 e. The molecule has 3 nitrogen and oxygen atoms in total. The predicted octanol–water partition coefficient (Wildman–Crippen LogP) is 1.10. The van der Waals surface area contributed by atoms with E-state index < -0.39 is 0 Å². The van der Waals surface area contributed by atoms with Crippen LogP contribution in [0.25, 0.3) is 0 Å². The van der Waals surface area contributed by atoms with Gasteiger partial charge < -0.3 is 0 Å². The third kappa shape index (κ3) is 1.28. The van der Waals surface area contributed by atoms with Gasteiger partial charge in [0.05, 0.1) is 11.9 Å². The van der Waals surface area contributed by atoms with Crippen LogP contribution in [0.4, 0.5) is 0 Å². The molecular formula is C6H11N3. The second-order valence-corrected chi connectivity index (χ2v) is 3.12. The zero-order valence-corrected chi connectivity index (χ0v) is 5.97. The lowest BCUT2D eigenvalue weighted by atomic mass is 9.93. The lowest BCUT2D eigenvalue weighted by molar-refractivity contribution is 0.567. The molecule has 3 heteroatoms. The van der Waals surface area contributed by atoms with Gasteiger partial charge in [-0.05, 0) is 0 Å². The molecule has 50 valence electrons. The van der Waals surface area contributed by atoms with E-state index in [-0.39, 0.29) is 5.41 Å². The third-order valence-electron chi connectivity index (χ3n) is 1.22. The van der Waals surface area contributed by atoms with E-state index in [1.807, 2.05) is 0 Å². The van der Waals surface area contributed by atoms with E-state index in [0.29, 0.717) is 0 Å². The van der Waals surface area contributed by atoms with Crippen LogP contribution in [0.1, 0.15) is 26.5 Å². The molecule has 0 fully saturated rings. The molecule has 0 aliphatic heterocycles. The average Bonchev–Trinajstić information content (AvgIpc) is 2.08. The highest BCUT2D eigenvalue weighted by molar-refractivity contribution is 5.04. The van der Waals surface area contributed by atoms with Gasteiger partial charge in [-0.1, -0.05) is 26.0 Å². The normalized spacial score (nSPS) is 11.9. The zero-order valence-electron chi connectivity index (χ0n) is 5.97. The van der Waals surface area contributed by atoms with Crippen molar-refractivity contribution in [2.45, 2.75) is 26.2 Å². The van der Waals surface area contributed by atoms with Crippen LogP contribution >= 0.6 is 0 Å². The van der Waals surface area contributed by atoms with Gasteiger partial charge in [0, 0.05) is 5.41 Å². The summed E-state index contributed by atoms with van der Waals surface area (Å²) in [6, 6.07) is 0. The largest absolute Gasteiger partial charge is 0.262 e. The van der Waals surface area contributed by atoms with Crippen molar-refractivity contribution in [2.75, 3.05) is 0 Å². The molecule has 1 aromatic rings. The van der Waals surface area contributed by atoms with Gasteiger partial charge in [-0.3, -0.25) is 5.10 Å². The van der Waals surface area contributed by atoms with E-state index in [1.165, 1.54) is 0 Å². The molecule has 0 spiro atoms. The van der Waals surface area contributed by atoms with Crippen molar-refractivity contribution >= 4 is 0 Å². The molecule has 0 amide bonds. The number of H-pyrrole nitrogens is 1. The maximum atomic E-state index is 3.68. The lowest BCUT2D eigenvalue weighted by Crippen LogP contribution is -2.11. The van der Waals surface area contributed by atoms with E-state index in [9.17, 15) is 0 Å². The van der Waals surface area contributed by atoms with E-state index in [4.69, 9.17) is 0 Å². The maximum Gasteiger partial charge on any atom is 0.0727 e. The van der Waals surface area contributed by atoms with Gasteiger partial charge in [-0.25, -0.2) is 0 Å². The highest BCUT2D eigenvalue weighted by Gasteiger charge is 2.14. The van der Waals surface area contributed by atoms with Gasteiger partial charge in [0.1, 0.15) is 0 Å². The first kappa shape index (κ1) is 6.26. The summed E-state index contributed by atoms with van der Waals surface area (Å²) in [5, 5.41) is 10.1. The van der Waals surface area contributed by atoms with Gasteiger partial charge in [0.15, 0.2) is 0 Å². The van der Waals surface area contributed by atoms with Crippen molar-refractivity contribution in [3.63, 3.8) is 0 Å². The number of nitrogens with one attached hydrogen (secondary N) is 1. The summed E-state index contributed by atoms with van der Waals surface area (Å²) < 4.78 is 0. The number of aromatic amines is 1. The molecule has 0 atom stereocenters. The summed E-state index contributed by atoms with van der Waals surface area (Å²) in [4.78, 5) is 0. The SMILES string of the molecule is CC(C)(C)c1cnn[nH]1. The van der Waals surface area contributed by atoms with Crippen LogP contribution in [-0.4, -0.2) is 15.4 Å². The van der Waals surface area contributed by atoms with Gasteiger partial charge in [-0.2, -0.15) is 0 Å². The summed E-state index contributed by atoms with van der Waals surface area (Å²) in [7, 11) is 0. The standard InChI is InChI=1S/C6H11N3/c1-6(2,3)5-4-7-9-8-5/h4H,1-3H3,(H,7,8,9). The molecule has 0 saturated heterocycles. The van der Waals surface area contributed by atoms with E-state index >= 15 is 0 Å². The second kappa shape index (κ2) is 1.83. The fraction of sp³-hybridized carbons (Fsp3) is 0.667. The minimum atomic E-state index is 0.142. The van der Waals surface area contributed by atoms with Gasteiger partial charge in [0.25, 0.3) is 0 Å². The Labute approximate surface area is 54.5 Å². The Balaban J connectivity index is 2.90. The highest BCUT2D eigenvalue weighted by Crippen LogP contribution is 2.17. The quantitative estimate of drug-likeness (QED) is 0.564. The number of hydrogen-bond donors (Lipinski definition) is 1. The monoisotopic (exact) mass is 125 g/mol. The van der Waals surface area contributed by atoms with Crippen molar-refractivity contribution in [1.29, 1.82) is 0 Å². The summed E-state index contributed by atoms with van der Waals surface area (Å²) in [6.45, 7) is 6.34. The Morgan fingerprint density at radius 1 is 1.44 bits per heavy atom. The first-order valence-corrected chi connectivity index (χ1v) is 2.97. The minimum absolute atomic E-state index is 0.142. The van der Waals surface area contributed by atoms with Crippen LogP contribution in [-0.2, 0) is 5.41 Å². The summed E-state index contributed by atoms with van der Waals surface area (Å²) >= 11 is 0. The van der Waals surface area contributed by atoms with Gasteiger partial charge in [-0.15, -0.1) is 5.10 Å². The van der Waals surface area contributed by atoms with Crippen molar-refractivity contribution in [2.24, 2.45) is 0 Å². The zero-order chi connectivity index (χ0) is 6.91. The third-order valence-corrected chi connectivity index (χ3v) is 1.22. The molecule has 1 aromatic heterocycles. The molecule has 0 bridgehead atoms. The second-order valence-electron chi connectivity index (χ2n) is 3.12. The Hall–Kier alpha value is -0.860. The fourth-order valence-electron chi connectivity index (χ4n) is 0.560. The van der Waals surface area contributed by atoms with Crippen LogP contribution in [0.3, 0.4) is 0 Å². The Morgan fingerprint density at radius 2 is 2.11 bits per heavy atom. The Kier molecular flexibility index (Phi) is 1.27. The van der Waals surface area contributed by atoms with Crippen LogP contribution in [0.2, 0.25) is 0 Å². The molecule has 0 radical (unpaired) electrons. The molecular weight excluding hydrogens is 114 g/mol. The molecule has 0 unspecified atom stereocenters. The molecule has 9 heavy (non-hydrogen) atoms. The molecule has 0 aliphatic carbocycles. The van der Waals surface area contributed by atoms with Gasteiger partial charge in [0.2, 0.25) is 0 Å². The van der Waals surface area contributed by atoms with Crippen LogP contribution in [0, 0.1) is 0 Å². The summed E-state index contributed by atoms with van der Waals surface area (Å²) in [6.07, 6.45) is 1.75. The lowest BCUT2D eigenvalue weighted by Gasteiger charge is -2.13. The highest BCUT2D eigenvalue weighted by atomic mass is 15.3. The van der Waals surface area contributed by atoms with E-state index in [2.05, 4.69) is 36.2 Å². The average molecular weight is 125 g/mol. The van der Waals surface area contributed by atoms with Crippen molar-refractivity contribution in [3.05, 3.63) is 11.9 Å². The van der Waals surface area contributed by atoms with Crippen LogP contribution in [0.15, 0.2) is 6.20 Å². The molecule has 0 saturated carbocycles. The summed E-state index contributed by atoms with van der Waals surface area (Å²) in [5.41, 5.74) is 1.21. The Bertz CT molecular complexity index is 171. The van der Waals surface area contributed by atoms with E-state index in [0.717, 1.165) is 5.69 Å². The van der Waals surface area contributed by atoms with Gasteiger partial charge >= 0.3 is 0 Å². The molecule has 0 aromatic carbocycles. The molecule has 1 N–H and O–H groups in total. The first-order valence-electron chi connectivity index (χ1n) is 2.97. The topological polar surface area (TPSA) is 41.6 Å². The predicted molar refractivity (Wildman–Crippen MR) is 35.1 cm³/mol. The number of rotatable bonds is 0. The summed E-state index contributed by atoms with van der Waals surface area (Å²) in [5.74, 6) is 0. The van der Waals surface area contributed by atoms with Crippen molar-refractivity contribution in [3.8, 4) is 0 Å². The molecule has 1 heterocycles. The molecule has 0 aliphatic rings. The number of hydrogen-bond acceptors (Lipinski definition) is 2.